The van der Waals surface area contributed by atoms with Crippen LogP contribution in [0, 0.1) is 0 Å². The third kappa shape index (κ3) is 6.35. The van der Waals surface area contributed by atoms with Gasteiger partial charge >= 0.3 is 0 Å². The third-order valence-electron chi connectivity index (χ3n) is 3.34. The molecule has 0 aromatic carbocycles. The van der Waals surface area contributed by atoms with E-state index in [1.54, 1.807) is 7.05 Å². The number of piperidine rings is 1. The van der Waals surface area contributed by atoms with Crippen molar-refractivity contribution >= 4 is 15.7 Å². The Kier molecular flexibility index (Phi) is 6.08. The maximum Gasteiger partial charge on any atom is 0.222 e. The van der Waals surface area contributed by atoms with Crippen LogP contribution in [0.1, 0.15) is 32.1 Å². The van der Waals surface area contributed by atoms with Crippen molar-refractivity contribution in [3.63, 3.8) is 0 Å². The zero-order chi connectivity index (χ0) is 13.6. The zero-order valence-electron chi connectivity index (χ0n) is 11.3. The molecule has 0 spiro atoms. The average Bonchev–Trinajstić information content (AvgIpc) is 2.33. The van der Waals surface area contributed by atoms with Crippen molar-refractivity contribution in [1.82, 2.24) is 10.2 Å². The van der Waals surface area contributed by atoms with Gasteiger partial charge in [-0.05, 0) is 25.8 Å². The van der Waals surface area contributed by atoms with Crippen LogP contribution in [0.5, 0.6) is 0 Å². The molecule has 1 aliphatic rings. The van der Waals surface area contributed by atoms with Crippen molar-refractivity contribution < 1.29 is 13.2 Å². The van der Waals surface area contributed by atoms with Crippen molar-refractivity contribution in [3.05, 3.63) is 0 Å². The van der Waals surface area contributed by atoms with Crippen LogP contribution in [0.2, 0.25) is 0 Å². The number of hydrogen-bond donors (Lipinski definition) is 1. The van der Waals surface area contributed by atoms with Gasteiger partial charge < -0.3 is 10.2 Å². The van der Waals surface area contributed by atoms with Gasteiger partial charge in [-0.15, -0.1) is 0 Å². The van der Waals surface area contributed by atoms with Crippen LogP contribution < -0.4 is 5.32 Å². The van der Waals surface area contributed by atoms with Gasteiger partial charge in [0.15, 0.2) is 0 Å². The van der Waals surface area contributed by atoms with Crippen LogP contribution >= 0.6 is 0 Å². The molecule has 1 fully saturated rings. The third-order valence-corrected chi connectivity index (χ3v) is 4.27. The molecule has 1 N–H and O–H groups in total. The summed E-state index contributed by atoms with van der Waals surface area (Å²) in [5.74, 6) is 0.0720. The van der Waals surface area contributed by atoms with Crippen molar-refractivity contribution in [2.75, 3.05) is 32.1 Å². The summed E-state index contributed by atoms with van der Waals surface area (Å²) in [7, 11) is -1.33. The highest BCUT2D eigenvalue weighted by Crippen LogP contribution is 2.12. The van der Waals surface area contributed by atoms with E-state index in [-0.39, 0.29) is 18.2 Å². The molecule has 1 amide bonds. The number of rotatable bonds is 6. The molecule has 6 heteroatoms. The second-order valence-corrected chi connectivity index (χ2v) is 7.39. The Hall–Kier alpha value is -0.620. The lowest BCUT2D eigenvalue weighted by molar-refractivity contribution is -0.129. The molecule has 1 atom stereocenters. The maximum absolute atomic E-state index is 11.8. The van der Waals surface area contributed by atoms with E-state index in [2.05, 4.69) is 5.32 Å². The Morgan fingerprint density at radius 2 is 2.11 bits per heavy atom. The predicted molar refractivity (Wildman–Crippen MR) is 72.2 cm³/mol. The van der Waals surface area contributed by atoms with Gasteiger partial charge in [0.25, 0.3) is 0 Å². The highest BCUT2D eigenvalue weighted by molar-refractivity contribution is 7.90. The molecule has 0 aromatic rings. The summed E-state index contributed by atoms with van der Waals surface area (Å²) in [6, 6.07) is 0.450. The number of carbonyl (C=O) groups excluding carboxylic acids is 1. The summed E-state index contributed by atoms with van der Waals surface area (Å²) < 4.78 is 22.0. The first kappa shape index (κ1) is 15.4. The van der Waals surface area contributed by atoms with E-state index in [4.69, 9.17) is 0 Å². The molecular formula is C12H24N2O3S. The molecule has 5 nitrogen and oxygen atoms in total. The Bertz CT molecular complexity index is 362. The van der Waals surface area contributed by atoms with Crippen LogP contribution in [0.3, 0.4) is 0 Å². The molecular weight excluding hydrogens is 252 g/mol. The van der Waals surface area contributed by atoms with Crippen molar-refractivity contribution in [3.8, 4) is 0 Å². The predicted octanol–water partition coefficient (Wildman–Crippen LogP) is 0.412. The Balaban J connectivity index is 2.22. The van der Waals surface area contributed by atoms with Gasteiger partial charge in [-0.2, -0.15) is 0 Å². The van der Waals surface area contributed by atoms with E-state index in [0.29, 0.717) is 12.5 Å². The minimum absolute atomic E-state index is 0.0334. The van der Waals surface area contributed by atoms with Crippen LogP contribution in [0.25, 0.3) is 0 Å². The Labute approximate surface area is 110 Å². The topological polar surface area (TPSA) is 66.5 Å². The summed E-state index contributed by atoms with van der Waals surface area (Å²) in [4.78, 5) is 13.3. The molecule has 0 aliphatic carbocycles. The summed E-state index contributed by atoms with van der Waals surface area (Å²) >= 11 is 0. The number of sulfone groups is 1. The van der Waals surface area contributed by atoms with Crippen molar-refractivity contribution in [1.29, 1.82) is 0 Å². The van der Waals surface area contributed by atoms with Gasteiger partial charge in [0.1, 0.15) is 9.84 Å². The van der Waals surface area contributed by atoms with Gasteiger partial charge in [0.2, 0.25) is 5.91 Å². The van der Waals surface area contributed by atoms with E-state index < -0.39 is 9.84 Å². The molecule has 0 aromatic heterocycles. The SMILES string of the molecule is CN(CCS(C)(=O)=O)C(=O)CCC1CCCCN1. The van der Waals surface area contributed by atoms with Crippen LogP contribution in [0.4, 0.5) is 0 Å². The molecule has 1 saturated heterocycles. The van der Waals surface area contributed by atoms with Gasteiger partial charge in [-0.1, -0.05) is 6.42 Å². The number of hydrogen-bond acceptors (Lipinski definition) is 4. The minimum atomic E-state index is -2.99. The quantitative estimate of drug-likeness (QED) is 0.763. The van der Waals surface area contributed by atoms with E-state index in [1.165, 1.54) is 24.0 Å². The fraction of sp³-hybridized carbons (Fsp3) is 0.917. The lowest BCUT2D eigenvalue weighted by atomic mass is 10.0. The molecule has 18 heavy (non-hydrogen) atoms. The van der Waals surface area contributed by atoms with E-state index in [1.807, 2.05) is 0 Å². The fourth-order valence-corrected chi connectivity index (χ4v) is 2.69. The monoisotopic (exact) mass is 276 g/mol. The largest absolute Gasteiger partial charge is 0.345 e. The van der Waals surface area contributed by atoms with Gasteiger partial charge in [-0.25, -0.2) is 8.42 Å². The average molecular weight is 276 g/mol. The second-order valence-electron chi connectivity index (χ2n) is 5.13. The maximum atomic E-state index is 11.8. The second kappa shape index (κ2) is 7.09. The first-order chi connectivity index (χ1) is 8.38. The molecule has 0 radical (unpaired) electrons. The number of carbonyl (C=O) groups is 1. The lowest BCUT2D eigenvalue weighted by Crippen LogP contribution is -2.36. The molecule has 1 unspecified atom stereocenters. The van der Waals surface area contributed by atoms with Crippen molar-refractivity contribution in [2.24, 2.45) is 0 Å². The first-order valence-corrected chi connectivity index (χ1v) is 8.59. The smallest absolute Gasteiger partial charge is 0.222 e. The summed E-state index contributed by atoms with van der Waals surface area (Å²) in [5, 5.41) is 3.40. The van der Waals surface area contributed by atoms with Crippen molar-refractivity contribution in [2.45, 2.75) is 38.1 Å². The lowest BCUT2D eigenvalue weighted by Gasteiger charge is -2.24. The van der Waals surface area contributed by atoms with Crippen LogP contribution in [-0.4, -0.2) is 57.4 Å². The van der Waals surface area contributed by atoms with E-state index in [9.17, 15) is 13.2 Å². The molecule has 0 saturated carbocycles. The fourth-order valence-electron chi connectivity index (χ4n) is 2.09. The number of nitrogens with one attached hydrogen (secondary N) is 1. The molecule has 106 valence electrons. The van der Waals surface area contributed by atoms with Crippen LogP contribution in [-0.2, 0) is 14.6 Å². The van der Waals surface area contributed by atoms with Gasteiger partial charge in [0, 0.05) is 32.3 Å². The van der Waals surface area contributed by atoms with E-state index in [0.717, 1.165) is 19.4 Å². The molecule has 1 aliphatic heterocycles. The molecule has 0 bridgehead atoms. The Morgan fingerprint density at radius 3 is 2.67 bits per heavy atom. The standard InChI is InChI=1S/C12H24N2O3S/c1-14(9-10-18(2,16)17)12(15)7-6-11-5-3-4-8-13-11/h11,13H,3-10H2,1-2H3. The number of amides is 1. The highest BCUT2D eigenvalue weighted by atomic mass is 32.2. The minimum Gasteiger partial charge on any atom is -0.345 e. The zero-order valence-corrected chi connectivity index (χ0v) is 12.1. The summed E-state index contributed by atoms with van der Waals surface area (Å²) in [6.45, 7) is 1.33. The number of nitrogens with zero attached hydrogens (tertiary/aromatic N) is 1. The molecule has 1 rings (SSSR count). The molecule has 1 heterocycles. The van der Waals surface area contributed by atoms with Crippen LogP contribution in [0.15, 0.2) is 0 Å². The normalized spacial score (nSPS) is 20.7. The highest BCUT2D eigenvalue weighted by Gasteiger charge is 2.16. The summed E-state index contributed by atoms with van der Waals surface area (Å²) in [5.41, 5.74) is 0. The van der Waals surface area contributed by atoms with Gasteiger partial charge in [-0.3, -0.25) is 4.79 Å². The Morgan fingerprint density at radius 1 is 1.39 bits per heavy atom. The van der Waals surface area contributed by atoms with Gasteiger partial charge in [0.05, 0.1) is 5.75 Å². The first-order valence-electron chi connectivity index (χ1n) is 6.53. The van der Waals surface area contributed by atoms with E-state index >= 15 is 0 Å². The summed E-state index contributed by atoms with van der Waals surface area (Å²) in [6.07, 6.45) is 6.13.